The minimum Gasteiger partial charge on any atom is -0.483 e. The predicted molar refractivity (Wildman–Crippen MR) is 50.8 cm³/mol. The van der Waals surface area contributed by atoms with Gasteiger partial charge in [0, 0.05) is 6.07 Å². The van der Waals surface area contributed by atoms with Gasteiger partial charge in [-0.2, -0.15) is 0 Å². The molecule has 1 aliphatic rings. The zero-order valence-corrected chi connectivity index (χ0v) is 7.92. The highest BCUT2D eigenvalue weighted by atomic mass is 19.1. The van der Waals surface area contributed by atoms with Gasteiger partial charge in [-0.25, -0.2) is 4.39 Å². The Morgan fingerprint density at radius 1 is 1.50 bits per heavy atom. The first-order valence-electron chi connectivity index (χ1n) is 4.47. The van der Waals surface area contributed by atoms with Gasteiger partial charge in [0.15, 0.2) is 0 Å². The van der Waals surface area contributed by atoms with Crippen molar-refractivity contribution in [1.82, 2.24) is 0 Å². The van der Waals surface area contributed by atoms with Crippen LogP contribution in [0.1, 0.15) is 5.56 Å². The Morgan fingerprint density at radius 2 is 2.21 bits per heavy atom. The molecule has 0 unspecified atom stereocenters. The van der Waals surface area contributed by atoms with Gasteiger partial charge < -0.3 is 15.2 Å². The number of hydrogen-bond acceptors (Lipinski definition) is 3. The van der Waals surface area contributed by atoms with Crippen molar-refractivity contribution in [2.45, 2.75) is 13.0 Å². The number of nitrogens with two attached hydrogens (primary N) is 1. The van der Waals surface area contributed by atoms with Crippen molar-refractivity contribution in [1.29, 1.82) is 0 Å². The Labute approximate surface area is 81.6 Å². The zero-order chi connectivity index (χ0) is 10.1. The van der Waals surface area contributed by atoms with Crippen LogP contribution in [0.15, 0.2) is 12.1 Å². The second-order valence-corrected chi connectivity index (χ2v) is 3.42. The second kappa shape index (κ2) is 3.46. The van der Waals surface area contributed by atoms with Crippen molar-refractivity contribution < 1.29 is 13.9 Å². The molecule has 0 aliphatic carbocycles. The fourth-order valence-corrected chi connectivity index (χ4v) is 1.23. The summed E-state index contributed by atoms with van der Waals surface area (Å²) >= 11 is 0. The molecule has 3 nitrogen and oxygen atoms in total. The fourth-order valence-electron chi connectivity index (χ4n) is 1.23. The summed E-state index contributed by atoms with van der Waals surface area (Å²) in [6.45, 7) is 2.84. The van der Waals surface area contributed by atoms with Crippen LogP contribution in [0.25, 0.3) is 0 Å². The summed E-state index contributed by atoms with van der Waals surface area (Å²) < 4.78 is 23.5. The molecule has 1 heterocycles. The third-order valence-electron chi connectivity index (χ3n) is 2.19. The van der Waals surface area contributed by atoms with E-state index in [1.165, 1.54) is 6.07 Å². The van der Waals surface area contributed by atoms with Crippen LogP contribution in [0.2, 0.25) is 0 Å². The first-order valence-corrected chi connectivity index (χ1v) is 4.47. The number of halogens is 1. The predicted octanol–water partition coefficient (Wildman–Crippen LogP) is 1.49. The molecule has 0 saturated carbocycles. The van der Waals surface area contributed by atoms with E-state index in [1.807, 2.05) is 0 Å². The van der Waals surface area contributed by atoms with Crippen LogP contribution < -0.4 is 10.5 Å². The van der Waals surface area contributed by atoms with Gasteiger partial charge in [-0.05, 0) is 18.6 Å². The lowest BCUT2D eigenvalue weighted by atomic mass is 10.2. The maximum atomic E-state index is 13.0. The van der Waals surface area contributed by atoms with Gasteiger partial charge in [0.1, 0.15) is 17.7 Å². The summed E-state index contributed by atoms with van der Waals surface area (Å²) in [5.41, 5.74) is 6.48. The molecule has 0 atom stereocenters. The molecule has 0 amide bonds. The molecule has 0 radical (unpaired) electrons. The Morgan fingerprint density at radius 3 is 2.79 bits per heavy atom. The van der Waals surface area contributed by atoms with Crippen molar-refractivity contribution in [3.63, 3.8) is 0 Å². The van der Waals surface area contributed by atoms with Gasteiger partial charge in [0.05, 0.1) is 18.9 Å². The lowest BCUT2D eigenvalue weighted by Gasteiger charge is -2.27. The average Bonchev–Trinajstić information content (AvgIpc) is 2.06. The molecule has 0 spiro atoms. The third-order valence-corrected chi connectivity index (χ3v) is 2.19. The molecule has 1 fully saturated rings. The van der Waals surface area contributed by atoms with Gasteiger partial charge in [-0.15, -0.1) is 0 Å². The van der Waals surface area contributed by atoms with Crippen molar-refractivity contribution in [2.24, 2.45) is 0 Å². The average molecular weight is 197 g/mol. The molecule has 1 aliphatic heterocycles. The molecule has 14 heavy (non-hydrogen) atoms. The van der Waals surface area contributed by atoms with E-state index in [2.05, 4.69) is 0 Å². The Balaban J connectivity index is 2.19. The number of nitrogen functional groups attached to an aromatic ring is 1. The van der Waals surface area contributed by atoms with Crippen LogP contribution in [0.3, 0.4) is 0 Å². The van der Waals surface area contributed by atoms with Gasteiger partial charge in [-0.1, -0.05) is 0 Å². The standard InChI is InChI=1S/C10H12FNO2/c1-6-2-10(9(12)3-8(6)11)14-7-4-13-5-7/h2-3,7H,4-5,12H2,1H3. The van der Waals surface area contributed by atoms with Crippen LogP contribution in [-0.4, -0.2) is 19.3 Å². The lowest BCUT2D eigenvalue weighted by Crippen LogP contribution is -2.38. The van der Waals surface area contributed by atoms with Crippen molar-refractivity contribution in [2.75, 3.05) is 18.9 Å². The molecule has 1 aromatic carbocycles. The smallest absolute Gasteiger partial charge is 0.145 e. The molecule has 0 aromatic heterocycles. The quantitative estimate of drug-likeness (QED) is 0.730. The second-order valence-electron chi connectivity index (χ2n) is 3.42. The van der Waals surface area contributed by atoms with Gasteiger partial charge in [0.2, 0.25) is 0 Å². The summed E-state index contributed by atoms with van der Waals surface area (Å²) in [6, 6.07) is 2.90. The molecular weight excluding hydrogens is 185 g/mol. The van der Waals surface area contributed by atoms with E-state index >= 15 is 0 Å². The van der Waals surface area contributed by atoms with Crippen LogP contribution >= 0.6 is 0 Å². The van der Waals surface area contributed by atoms with E-state index in [4.69, 9.17) is 15.2 Å². The van der Waals surface area contributed by atoms with Crippen LogP contribution in [0.5, 0.6) is 5.75 Å². The number of anilines is 1. The van der Waals surface area contributed by atoms with Crippen molar-refractivity contribution in [3.8, 4) is 5.75 Å². The first-order chi connectivity index (χ1) is 6.66. The molecule has 1 aromatic rings. The minimum atomic E-state index is -0.306. The molecule has 2 N–H and O–H groups in total. The molecular formula is C10H12FNO2. The number of benzene rings is 1. The van der Waals surface area contributed by atoms with Crippen molar-refractivity contribution >= 4 is 5.69 Å². The summed E-state index contributed by atoms with van der Waals surface area (Å²) in [6.07, 6.45) is 0.0576. The first kappa shape index (κ1) is 9.27. The van der Waals surface area contributed by atoms with Crippen LogP contribution in [0, 0.1) is 12.7 Å². The highest BCUT2D eigenvalue weighted by Gasteiger charge is 2.21. The van der Waals surface area contributed by atoms with E-state index in [9.17, 15) is 4.39 Å². The SMILES string of the molecule is Cc1cc(OC2COC2)c(N)cc1F. The van der Waals surface area contributed by atoms with E-state index in [0.717, 1.165) is 0 Å². The van der Waals surface area contributed by atoms with Gasteiger partial charge in [0.25, 0.3) is 0 Å². The Bertz CT molecular complexity index is 350. The Kier molecular flexibility index (Phi) is 2.29. The normalized spacial score (nSPS) is 16.4. The topological polar surface area (TPSA) is 44.5 Å². The molecule has 0 bridgehead atoms. The third kappa shape index (κ3) is 1.65. The molecule has 76 valence electrons. The minimum absolute atomic E-state index is 0.0576. The monoisotopic (exact) mass is 197 g/mol. The van der Waals surface area contributed by atoms with Gasteiger partial charge in [-0.3, -0.25) is 0 Å². The van der Waals surface area contributed by atoms with E-state index < -0.39 is 0 Å². The summed E-state index contributed by atoms with van der Waals surface area (Å²) in [4.78, 5) is 0. The summed E-state index contributed by atoms with van der Waals surface area (Å²) in [5.74, 6) is 0.233. The van der Waals surface area contributed by atoms with Crippen LogP contribution in [-0.2, 0) is 4.74 Å². The highest BCUT2D eigenvalue weighted by molar-refractivity contribution is 5.54. The highest BCUT2D eigenvalue weighted by Crippen LogP contribution is 2.26. The maximum absolute atomic E-state index is 13.0. The van der Waals surface area contributed by atoms with Gasteiger partial charge >= 0.3 is 0 Å². The summed E-state index contributed by atoms with van der Waals surface area (Å²) in [7, 11) is 0. The Hall–Kier alpha value is -1.29. The maximum Gasteiger partial charge on any atom is 0.145 e. The number of aryl methyl sites for hydroxylation is 1. The molecule has 2 rings (SSSR count). The van der Waals surface area contributed by atoms with E-state index in [0.29, 0.717) is 30.2 Å². The number of rotatable bonds is 2. The van der Waals surface area contributed by atoms with E-state index in [1.54, 1.807) is 13.0 Å². The fraction of sp³-hybridized carbons (Fsp3) is 0.400. The summed E-state index contributed by atoms with van der Waals surface area (Å²) in [5, 5.41) is 0. The largest absolute Gasteiger partial charge is 0.483 e. The zero-order valence-electron chi connectivity index (χ0n) is 7.92. The number of hydrogen-bond donors (Lipinski definition) is 1. The van der Waals surface area contributed by atoms with Crippen molar-refractivity contribution in [3.05, 3.63) is 23.5 Å². The van der Waals surface area contributed by atoms with Crippen LogP contribution in [0.4, 0.5) is 10.1 Å². The lowest BCUT2D eigenvalue weighted by molar-refractivity contribution is -0.0794. The van der Waals surface area contributed by atoms with E-state index in [-0.39, 0.29) is 11.9 Å². The molecule has 1 saturated heterocycles. The molecule has 4 heteroatoms. The number of ether oxygens (including phenoxy) is 2.